The van der Waals surface area contributed by atoms with Gasteiger partial charge in [-0.1, -0.05) is 31.4 Å². The molecule has 22 heavy (non-hydrogen) atoms. The molecule has 3 nitrogen and oxygen atoms in total. The fourth-order valence-corrected chi connectivity index (χ4v) is 3.92. The van der Waals surface area contributed by atoms with Crippen molar-refractivity contribution in [2.45, 2.75) is 43.9 Å². The highest BCUT2D eigenvalue weighted by atomic mass is 19.1. The average molecular weight is 304 g/mol. The summed E-state index contributed by atoms with van der Waals surface area (Å²) in [5, 5.41) is 3.34. The van der Waals surface area contributed by atoms with Gasteiger partial charge in [-0.05, 0) is 43.5 Å². The smallest absolute Gasteiger partial charge is 0.233 e. The molecule has 3 rings (SSSR count). The van der Waals surface area contributed by atoms with Crippen molar-refractivity contribution in [3.05, 3.63) is 35.6 Å². The van der Waals surface area contributed by atoms with E-state index >= 15 is 0 Å². The van der Waals surface area contributed by atoms with Gasteiger partial charge in [-0.3, -0.25) is 4.79 Å². The highest BCUT2D eigenvalue weighted by Crippen LogP contribution is 2.41. The first kappa shape index (κ1) is 15.5. The lowest BCUT2D eigenvalue weighted by molar-refractivity contribution is -0.138. The van der Waals surface area contributed by atoms with E-state index in [-0.39, 0.29) is 11.7 Å². The van der Waals surface area contributed by atoms with Gasteiger partial charge in [0, 0.05) is 19.6 Å². The molecule has 0 bridgehead atoms. The minimum atomic E-state index is -0.509. The second kappa shape index (κ2) is 6.78. The summed E-state index contributed by atoms with van der Waals surface area (Å²) in [6.45, 7) is 3.39. The molecule has 0 atom stereocenters. The molecule has 4 heteroatoms. The van der Waals surface area contributed by atoms with Crippen LogP contribution in [0.3, 0.4) is 0 Å². The fraction of sp³-hybridized carbons (Fsp3) is 0.611. The van der Waals surface area contributed by atoms with E-state index in [1.54, 1.807) is 12.1 Å². The van der Waals surface area contributed by atoms with Gasteiger partial charge in [0.25, 0.3) is 0 Å². The molecule has 1 aromatic rings. The van der Waals surface area contributed by atoms with E-state index in [1.165, 1.54) is 12.5 Å². The second-order valence-corrected chi connectivity index (χ2v) is 6.55. The van der Waals surface area contributed by atoms with Gasteiger partial charge in [0.1, 0.15) is 5.82 Å². The first-order chi connectivity index (χ1) is 10.7. The quantitative estimate of drug-likeness (QED) is 0.911. The van der Waals surface area contributed by atoms with Crippen molar-refractivity contribution in [2.75, 3.05) is 26.2 Å². The molecule has 1 amide bonds. The summed E-state index contributed by atoms with van der Waals surface area (Å²) in [4.78, 5) is 15.3. The van der Waals surface area contributed by atoms with Gasteiger partial charge in [0.15, 0.2) is 0 Å². The van der Waals surface area contributed by atoms with Crippen molar-refractivity contribution in [1.82, 2.24) is 10.2 Å². The zero-order valence-corrected chi connectivity index (χ0v) is 13.1. The van der Waals surface area contributed by atoms with Crippen LogP contribution in [0, 0.1) is 5.82 Å². The van der Waals surface area contributed by atoms with Crippen molar-refractivity contribution in [2.24, 2.45) is 0 Å². The molecule has 1 aromatic carbocycles. The van der Waals surface area contributed by atoms with E-state index in [2.05, 4.69) is 5.32 Å². The number of amides is 1. The van der Waals surface area contributed by atoms with E-state index in [4.69, 9.17) is 0 Å². The number of nitrogens with zero attached hydrogens (tertiary/aromatic N) is 1. The van der Waals surface area contributed by atoms with Crippen LogP contribution in [-0.4, -0.2) is 37.0 Å². The number of carbonyl (C=O) groups is 1. The van der Waals surface area contributed by atoms with Crippen LogP contribution in [0.25, 0.3) is 0 Å². The molecule has 1 saturated carbocycles. The zero-order valence-electron chi connectivity index (χ0n) is 13.1. The third-order valence-electron chi connectivity index (χ3n) is 5.12. The Labute approximate surface area is 131 Å². The Morgan fingerprint density at radius 1 is 1.09 bits per heavy atom. The van der Waals surface area contributed by atoms with Gasteiger partial charge in [-0.15, -0.1) is 0 Å². The maximum absolute atomic E-state index is 13.7. The normalized spacial score (nSPS) is 22.1. The summed E-state index contributed by atoms with van der Waals surface area (Å²) in [5.41, 5.74) is 0.361. The molecule has 2 fully saturated rings. The predicted octanol–water partition coefficient (Wildman–Crippen LogP) is 2.85. The van der Waals surface area contributed by atoms with Gasteiger partial charge in [-0.2, -0.15) is 0 Å². The molecule has 120 valence electrons. The van der Waals surface area contributed by atoms with Gasteiger partial charge >= 0.3 is 0 Å². The van der Waals surface area contributed by atoms with Crippen molar-refractivity contribution in [1.29, 1.82) is 0 Å². The number of nitrogens with one attached hydrogen (secondary N) is 1. The molecule has 0 radical (unpaired) electrons. The first-order valence-corrected chi connectivity index (χ1v) is 8.48. The summed E-state index contributed by atoms with van der Waals surface area (Å²) in [6.07, 6.45) is 5.96. The molecule has 0 spiro atoms. The van der Waals surface area contributed by atoms with Crippen LogP contribution in [0.15, 0.2) is 24.3 Å². The summed E-state index contributed by atoms with van der Waals surface area (Å²) in [7, 11) is 0. The third kappa shape index (κ3) is 3.02. The lowest BCUT2D eigenvalue weighted by Crippen LogP contribution is -2.49. The van der Waals surface area contributed by atoms with Gasteiger partial charge in [0.2, 0.25) is 5.91 Å². The Morgan fingerprint density at radius 2 is 1.91 bits per heavy atom. The molecular weight excluding hydrogens is 279 g/mol. The Balaban J connectivity index is 1.92. The number of benzene rings is 1. The molecule has 0 aromatic heterocycles. The zero-order chi connectivity index (χ0) is 15.4. The average Bonchev–Trinajstić information content (AvgIpc) is 2.84. The number of carbonyl (C=O) groups excluding carboxylic acids is 1. The van der Waals surface area contributed by atoms with Crippen LogP contribution in [0.1, 0.15) is 44.1 Å². The van der Waals surface area contributed by atoms with Crippen molar-refractivity contribution in [3.8, 4) is 0 Å². The van der Waals surface area contributed by atoms with E-state index in [0.29, 0.717) is 0 Å². The summed E-state index contributed by atoms with van der Waals surface area (Å²) < 4.78 is 13.7. The lowest BCUT2D eigenvalue weighted by atomic mass is 9.68. The fourth-order valence-electron chi connectivity index (χ4n) is 3.92. The number of halogens is 1. The first-order valence-electron chi connectivity index (χ1n) is 8.48. The van der Waals surface area contributed by atoms with Crippen molar-refractivity contribution >= 4 is 5.91 Å². The lowest BCUT2D eigenvalue weighted by Gasteiger charge is -2.40. The van der Waals surface area contributed by atoms with Crippen LogP contribution in [-0.2, 0) is 10.2 Å². The van der Waals surface area contributed by atoms with E-state index < -0.39 is 5.41 Å². The minimum absolute atomic E-state index is 0.210. The highest BCUT2D eigenvalue weighted by molar-refractivity contribution is 5.88. The highest BCUT2D eigenvalue weighted by Gasteiger charge is 2.43. The Bertz CT molecular complexity index is 518. The van der Waals surface area contributed by atoms with E-state index in [0.717, 1.165) is 63.8 Å². The predicted molar refractivity (Wildman–Crippen MR) is 85.2 cm³/mol. The van der Waals surface area contributed by atoms with Crippen LogP contribution in [0.2, 0.25) is 0 Å². The molecule has 1 aliphatic heterocycles. The van der Waals surface area contributed by atoms with Crippen LogP contribution in [0.5, 0.6) is 0 Å². The van der Waals surface area contributed by atoms with Gasteiger partial charge < -0.3 is 10.2 Å². The summed E-state index contributed by atoms with van der Waals surface area (Å²) in [6, 6.07) is 6.69. The van der Waals surface area contributed by atoms with Crippen molar-refractivity contribution < 1.29 is 9.18 Å². The third-order valence-corrected chi connectivity index (χ3v) is 5.12. The van der Waals surface area contributed by atoms with Crippen LogP contribution >= 0.6 is 0 Å². The topological polar surface area (TPSA) is 32.3 Å². The SMILES string of the molecule is O=C(N1CCCNCC1)C1(c2cccc(F)c2)CCCCC1. The second-order valence-electron chi connectivity index (χ2n) is 6.55. The maximum atomic E-state index is 13.7. The molecule has 1 saturated heterocycles. The summed E-state index contributed by atoms with van der Waals surface area (Å²) >= 11 is 0. The number of rotatable bonds is 2. The van der Waals surface area contributed by atoms with Crippen molar-refractivity contribution in [3.63, 3.8) is 0 Å². The number of hydrogen-bond donors (Lipinski definition) is 1. The van der Waals surface area contributed by atoms with Crippen LogP contribution in [0.4, 0.5) is 4.39 Å². The Morgan fingerprint density at radius 3 is 2.68 bits per heavy atom. The molecule has 1 aliphatic carbocycles. The summed E-state index contributed by atoms with van der Waals surface area (Å²) in [5.74, 6) is -0.0331. The molecule has 1 N–H and O–H groups in total. The largest absolute Gasteiger partial charge is 0.341 e. The number of hydrogen-bond acceptors (Lipinski definition) is 2. The minimum Gasteiger partial charge on any atom is -0.341 e. The maximum Gasteiger partial charge on any atom is 0.233 e. The molecule has 1 heterocycles. The molecule has 2 aliphatic rings. The Kier molecular flexibility index (Phi) is 4.77. The van der Waals surface area contributed by atoms with E-state index in [9.17, 15) is 9.18 Å². The Hall–Kier alpha value is -1.42. The molecule has 0 unspecified atom stereocenters. The monoisotopic (exact) mass is 304 g/mol. The van der Waals surface area contributed by atoms with E-state index in [1.807, 2.05) is 11.0 Å². The van der Waals surface area contributed by atoms with Gasteiger partial charge in [-0.25, -0.2) is 4.39 Å². The van der Waals surface area contributed by atoms with Crippen LogP contribution < -0.4 is 5.32 Å². The standard InChI is InChI=1S/C18H25FN2O/c19-16-7-4-6-15(14-16)18(8-2-1-3-9-18)17(22)21-12-5-10-20-11-13-21/h4,6-7,14,20H,1-3,5,8-13H2. The molecular formula is C18H25FN2O. The van der Waals surface area contributed by atoms with Gasteiger partial charge in [0.05, 0.1) is 5.41 Å².